The molecular formula is C8H10FNO3S. The van der Waals surface area contributed by atoms with E-state index in [0.29, 0.717) is 0 Å². The van der Waals surface area contributed by atoms with E-state index in [1.165, 1.54) is 18.3 Å². The zero-order chi connectivity index (χ0) is 10.6. The fraction of sp³-hybridized carbons (Fsp3) is 0.375. The summed E-state index contributed by atoms with van der Waals surface area (Å²) in [5.41, 5.74) is 0. The molecule has 0 bridgehead atoms. The lowest BCUT2D eigenvalue weighted by Crippen LogP contribution is -2.12. The maximum absolute atomic E-state index is 12.8. The molecule has 0 atom stereocenters. The highest BCUT2D eigenvalue weighted by Gasteiger charge is 2.05. The van der Waals surface area contributed by atoms with Gasteiger partial charge in [-0.3, -0.25) is 0 Å². The summed E-state index contributed by atoms with van der Waals surface area (Å²) < 4.78 is 39.2. The van der Waals surface area contributed by atoms with E-state index in [9.17, 15) is 12.8 Å². The number of pyridine rings is 1. The first kappa shape index (κ1) is 10.9. The largest absolute Gasteiger partial charge is 0.488 e. The Morgan fingerprint density at radius 3 is 2.86 bits per heavy atom. The van der Waals surface area contributed by atoms with Crippen molar-refractivity contribution in [1.82, 2.24) is 4.98 Å². The number of rotatable bonds is 4. The minimum absolute atomic E-state index is 0.0313. The molecule has 78 valence electrons. The van der Waals surface area contributed by atoms with Crippen LogP contribution in [0.1, 0.15) is 0 Å². The number of aromatic nitrogens is 1. The van der Waals surface area contributed by atoms with Crippen LogP contribution in [0.2, 0.25) is 0 Å². The van der Waals surface area contributed by atoms with E-state index in [0.717, 1.165) is 6.26 Å². The second kappa shape index (κ2) is 4.36. The summed E-state index contributed by atoms with van der Waals surface area (Å²) in [4.78, 5) is 3.35. The zero-order valence-electron chi connectivity index (χ0n) is 7.60. The first-order valence-corrected chi connectivity index (χ1v) is 5.96. The molecule has 0 spiro atoms. The van der Waals surface area contributed by atoms with Crippen molar-refractivity contribution in [1.29, 1.82) is 0 Å². The van der Waals surface area contributed by atoms with E-state index in [1.54, 1.807) is 0 Å². The first-order chi connectivity index (χ1) is 6.49. The predicted octanol–water partition coefficient (Wildman–Crippen LogP) is 0.644. The molecular weight excluding hydrogens is 209 g/mol. The van der Waals surface area contributed by atoms with Crippen molar-refractivity contribution in [3.63, 3.8) is 0 Å². The Morgan fingerprint density at radius 1 is 1.57 bits per heavy atom. The molecule has 0 amide bonds. The summed E-state index contributed by atoms with van der Waals surface area (Å²) in [6, 6.07) is 2.91. The van der Waals surface area contributed by atoms with Crippen molar-refractivity contribution in [2.75, 3.05) is 18.6 Å². The molecule has 0 unspecified atom stereocenters. The smallest absolute Gasteiger partial charge is 0.255 e. The molecule has 0 aromatic carbocycles. The van der Waals surface area contributed by atoms with Gasteiger partial charge in [-0.25, -0.2) is 13.4 Å². The Hall–Kier alpha value is -1.17. The molecule has 0 saturated carbocycles. The molecule has 1 rings (SSSR count). The highest BCUT2D eigenvalue weighted by atomic mass is 32.2. The Labute approximate surface area is 81.7 Å². The molecule has 1 aromatic heterocycles. The molecule has 4 nitrogen and oxygen atoms in total. The van der Waals surface area contributed by atoms with E-state index in [4.69, 9.17) is 4.74 Å². The number of sulfone groups is 1. The van der Waals surface area contributed by atoms with E-state index in [-0.39, 0.29) is 18.1 Å². The second-order valence-electron chi connectivity index (χ2n) is 2.77. The molecule has 0 aliphatic heterocycles. The van der Waals surface area contributed by atoms with Crippen molar-refractivity contribution in [2.45, 2.75) is 0 Å². The SMILES string of the molecule is CS(=O)(=O)CCOc1cccnc1F. The third-order valence-electron chi connectivity index (χ3n) is 1.44. The molecule has 0 aliphatic rings. The molecule has 0 N–H and O–H groups in total. The molecule has 6 heteroatoms. The fourth-order valence-corrected chi connectivity index (χ4v) is 1.17. The summed E-state index contributed by atoms with van der Waals surface area (Å²) in [5, 5.41) is 0. The van der Waals surface area contributed by atoms with E-state index < -0.39 is 15.8 Å². The average Bonchev–Trinajstić information content (AvgIpc) is 2.06. The van der Waals surface area contributed by atoms with Gasteiger partial charge in [0.15, 0.2) is 15.6 Å². The Morgan fingerprint density at radius 2 is 2.29 bits per heavy atom. The van der Waals surface area contributed by atoms with E-state index >= 15 is 0 Å². The van der Waals surface area contributed by atoms with Crippen LogP contribution in [-0.4, -0.2) is 32.0 Å². The molecule has 1 heterocycles. The maximum Gasteiger partial charge on any atom is 0.255 e. The lowest BCUT2D eigenvalue weighted by Gasteiger charge is -2.04. The standard InChI is InChI=1S/C8H10FNO3S/c1-14(11,12)6-5-13-7-3-2-4-10-8(7)9/h2-4H,5-6H2,1H3. The van der Waals surface area contributed by atoms with Gasteiger partial charge in [0.1, 0.15) is 6.61 Å². The highest BCUT2D eigenvalue weighted by molar-refractivity contribution is 7.90. The van der Waals surface area contributed by atoms with Gasteiger partial charge in [-0.05, 0) is 12.1 Å². The van der Waals surface area contributed by atoms with Crippen LogP contribution >= 0.6 is 0 Å². The lowest BCUT2D eigenvalue weighted by molar-refractivity contribution is 0.317. The van der Waals surface area contributed by atoms with Crippen LogP contribution in [0.15, 0.2) is 18.3 Å². The minimum Gasteiger partial charge on any atom is -0.488 e. The van der Waals surface area contributed by atoms with Crippen LogP contribution in [-0.2, 0) is 9.84 Å². The van der Waals surface area contributed by atoms with Crippen LogP contribution in [0.3, 0.4) is 0 Å². The van der Waals surface area contributed by atoms with Crippen molar-refractivity contribution in [3.05, 3.63) is 24.3 Å². The molecule has 0 radical (unpaired) electrons. The molecule has 1 aromatic rings. The maximum atomic E-state index is 12.8. The molecule has 14 heavy (non-hydrogen) atoms. The van der Waals surface area contributed by atoms with Gasteiger partial charge in [-0.15, -0.1) is 0 Å². The van der Waals surface area contributed by atoms with Gasteiger partial charge in [0.05, 0.1) is 5.75 Å². The topological polar surface area (TPSA) is 56.3 Å². The Balaban J connectivity index is 2.51. The predicted molar refractivity (Wildman–Crippen MR) is 49.4 cm³/mol. The van der Waals surface area contributed by atoms with Gasteiger partial charge in [-0.1, -0.05) is 0 Å². The number of nitrogens with zero attached hydrogens (tertiary/aromatic N) is 1. The summed E-state index contributed by atoms with van der Waals surface area (Å²) in [6.45, 7) is -0.0680. The van der Waals surface area contributed by atoms with Crippen molar-refractivity contribution in [2.24, 2.45) is 0 Å². The number of hydrogen-bond donors (Lipinski definition) is 0. The lowest BCUT2D eigenvalue weighted by atomic mass is 10.4. The van der Waals surface area contributed by atoms with Gasteiger partial charge in [0.25, 0.3) is 5.95 Å². The number of ether oxygens (including phenoxy) is 1. The molecule has 0 saturated heterocycles. The van der Waals surface area contributed by atoms with Crippen molar-refractivity contribution in [3.8, 4) is 5.75 Å². The van der Waals surface area contributed by atoms with Gasteiger partial charge in [0.2, 0.25) is 0 Å². The Bertz CT molecular complexity index is 405. The van der Waals surface area contributed by atoms with Crippen LogP contribution in [0.25, 0.3) is 0 Å². The summed E-state index contributed by atoms with van der Waals surface area (Å²) in [6.07, 6.45) is 2.38. The van der Waals surface area contributed by atoms with Crippen LogP contribution < -0.4 is 4.74 Å². The average molecular weight is 219 g/mol. The molecule has 0 aliphatic carbocycles. The monoisotopic (exact) mass is 219 g/mol. The zero-order valence-corrected chi connectivity index (χ0v) is 8.42. The van der Waals surface area contributed by atoms with Gasteiger partial charge < -0.3 is 4.74 Å². The van der Waals surface area contributed by atoms with Crippen molar-refractivity contribution < 1.29 is 17.5 Å². The summed E-state index contributed by atoms with van der Waals surface area (Å²) in [5.74, 6) is -0.904. The number of halogens is 1. The summed E-state index contributed by atoms with van der Waals surface area (Å²) >= 11 is 0. The third-order valence-corrected chi connectivity index (χ3v) is 2.34. The molecule has 0 fully saturated rings. The first-order valence-electron chi connectivity index (χ1n) is 3.90. The minimum atomic E-state index is -3.07. The summed E-state index contributed by atoms with van der Waals surface area (Å²) in [7, 11) is -3.07. The van der Waals surface area contributed by atoms with Gasteiger partial charge >= 0.3 is 0 Å². The van der Waals surface area contributed by atoms with Gasteiger partial charge in [0, 0.05) is 12.5 Å². The van der Waals surface area contributed by atoms with Crippen molar-refractivity contribution >= 4 is 9.84 Å². The van der Waals surface area contributed by atoms with Gasteiger partial charge in [-0.2, -0.15) is 4.39 Å². The van der Waals surface area contributed by atoms with E-state index in [2.05, 4.69) is 4.98 Å². The second-order valence-corrected chi connectivity index (χ2v) is 5.03. The van der Waals surface area contributed by atoms with Crippen LogP contribution in [0, 0.1) is 5.95 Å². The fourth-order valence-electron chi connectivity index (χ4n) is 0.782. The van der Waals surface area contributed by atoms with Crippen LogP contribution in [0.4, 0.5) is 4.39 Å². The van der Waals surface area contributed by atoms with E-state index in [1.807, 2.05) is 0 Å². The Kier molecular flexibility index (Phi) is 3.40. The number of hydrogen-bond acceptors (Lipinski definition) is 4. The third kappa shape index (κ3) is 3.69. The highest BCUT2D eigenvalue weighted by Crippen LogP contribution is 2.12. The quantitative estimate of drug-likeness (QED) is 0.697. The van der Waals surface area contributed by atoms with Crippen LogP contribution in [0.5, 0.6) is 5.75 Å². The normalized spacial score (nSPS) is 11.3.